The van der Waals surface area contributed by atoms with Gasteiger partial charge < -0.3 is 54.8 Å². The molecule has 2 aliphatic rings. The number of anilines is 1. The molecule has 0 bridgehead atoms. The van der Waals surface area contributed by atoms with Crippen LogP contribution in [0.15, 0.2) is 121 Å². The molecule has 4 heterocycles. The standard InChI is InChI=1S/C54H57N7O13/c1-5-25-70-51(67)55-24-14-13-19-42(59-48(64)43(27-34-15-9-8-10-16-34)60-46(62)33(4)56-52(68)71-26-6-2)47(63)57-38-22-20-35(21-23-38)31-73-53(69)74-54(7-3)40-29-44-45-37(28-36-17-11-12-18-41(36)58-45)30-61(44)49(65)39(40)32-72-50(54)66/h5-6,8-12,15-18,20-23,28-29,33,42-43H,1-2,7,13-14,19,24-27,30-32H2,3-4H3,(H,55,67)(H,56,68)(H,57,63)(H,59,64)(H,60,62)/t33-,42+,43+,54+/m1/s1. The number of carbonyl (C=O) groups is 7. The number of fused-ring (bicyclic) bond motifs is 5. The normalized spacial score (nSPS) is 15.2. The van der Waals surface area contributed by atoms with Crippen LogP contribution in [0.1, 0.15) is 67.3 Å². The molecule has 2 aromatic heterocycles. The highest BCUT2D eigenvalue weighted by Gasteiger charge is 2.51. The van der Waals surface area contributed by atoms with Crippen molar-refractivity contribution in [3.63, 3.8) is 0 Å². The molecule has 2 aliphatic heterocycles. The summed E-state index contributed by atoms with van der Waals surface area (Å²) in [5.74, 6) is -2.82. The zero-order valence-corrected chi connectivity index (χ0v) is 40.9. The molecule has 0 saturated carbocycles. The minimum absolute atomic E-state index is 0.0292. The molecule has 20 heteroatoms. The van der Waals surface area contributed by atoms with Gasteiger partial charge in [-0.15, -0.1) is 0 Å². The maximum atomic E-state index is 14.1. The lowest BCUT2D eigenvalue weighted by Gasteiger charge is -2.35. The molecule has 0 spiro atoms. The second kappa shape index (κ2) is 24.5. The molecule has 0 saturated heterocycles. The molecular weight excluding hydrogens is 955 g/mol. The predicted octanol–water partition coefficient (Wildman–Crippen LogP) is 5.97. The molecule has 4 atom stereocenters. The number of carbonyl (C=O) groups excluding carboxylic acids is 7. The number of para-hydroxylation sites is 1. The van der Waals surface area contributed by atoms with Crippen LogP contribution in [0.4, 0.5) is 20.1 Å². The number of hydrogen-bond acceptors (Lipinski definition) is 14. The third kappa shape index (κ3) is 12.8. The van der Waals surface area contributed by atoms with Crippen LogP contribution in [0.25, 0.3) is 22.3 Å². The van der Waals surface area contributed by atoms with Crippen molar-refractivity contribution in [1.29, 1.82) is 0 Å². The van der Waals surface area contributed by atoms with Crippen molar-refractivity contribution in [2.75, 3.05) is 25.1 Å². The zero-order valence-electron chi connectivity index (χ0n) is 40.9. The molecule has 5 N–H and O–H groups in total. The number of amides is 5. The minimum Gasteiger partial charge on any atom is -0.457 e. The summed E-state index contributed by atoms with van der Waals surface area (Å²) < 4.78 is 28.2. The first kappa shape index (κ1) is 53.0. The Morgan fingerprint density at radius 3 is 2.23 bits per heavy atom. The molecule has 0 radical (unpaired) electrons. The molecule has 74 heavy (non-hydrogen) atoms. The van der Waals surface area contributed by atoms with Gasteiger partial charge in [0.15, 0.2) is 0 Å². The molecule has 386 valence electrons. The fraction of sp³-hybridized carbons (Fsp3) is 0.315. The molecule has 20 nitrogen and oxygen atoms in total. The predicted molar refractivity (Wildman–Crippen MR) is 270 cm³/mol. The Bertz CT molecular complexity index is 3000. The van der Waals surface area contributed by atoms with Gasteiger partial charge in [-0.1, -0.05) is 92.9 Å². The van der Waals surface area contributed by atoms with E-state index in [0.717, 1.165) is 16.5 Å². The summed E-state index contributed by atoms with van der Waals surface area (Å²) in [5.41, 5.74) is 2.13. The number of nitrogens with one attached hydrogen (secondary N) is 5. The van der Waals surface area contributed by atoms with Crippen molar-refractivity contribution in [3.8, 4) is 11.4 Å². The van der Waals surface area contributed by atoms with Gasteiger partial charge in [-0.2, -0.15) is 0 Å². The maximum absolute atomic E-state index is 14.1. The lowest BCUT2D eigenvalue weighted by Crippen LogP contribution is -2.56. The summed E-state index contributed by atoms with van der Waals surface area (Å²) in [6, 6.07) is 23.0. The van der Waals surface area contributed by atoms with Crippen LogP contribution in [0.2, 0.25) is 0 Å². The van der Waals surface area contributed by atoms with Gasteiger partial charge in [-0.25, -0.2) is 24.2 Å². The Labute approximate surface area is 425 Å². The van der Waals surface area contributed by atoms with Crippen molar-refractivity contribution in [2.45, 2.75) is 89.4 Å². The van der Waals surface area contributed by atoms with E-state index < -0.39 is 65.8 Å². The lowest BCUT2D eigenvalue weighted by atomic mass is 9.85. The Balaban J connectivity index is 1.01. The number of aromatic nitrogens is 2. The molecule has 0 fully saturated rings. The monoisotopic (exact) mass is 1010 g/mol. The van der Waals surface area contributed by atoms with E-state index in [0.29, 0.717) is 41.0 Å². The number of cyclic esters (lactones) is 1. The number of alkyl carbamates (subject to hydrolysis) is 2. The van der Waals surface area contributed by atoms with Crippen LogP contribution in [-0.2, 0) is 74.6 Å². The SMILES string of the molecule is C=CCOC(=O)NCCCC[C@H](NC(=O)[C@H](Cc1ccccc1)NC(=O)[C@@H](C)NC(=O)OCC=C)C(=O)Nc1ccc(COC(=O)O[C@]2(CC)C(=O)OCc3c2cc2n(c3=O)Cc3cc4ccccc4nc3-2)cc1. The first-order valence-electron chi connectivity index (χ1n) is 24.0. The highest BCUT2D eigenvalue weighted by atomic mass is 16.7. The molecule has 3 aromatic carbocycles. The van der Waals surface area contributed by atoms with Gasteiger partial charge in [-0.3, -0.25) is 19.2 Å². The zero-order chi connectivity index (χ0) is 52.8. The molecule has 7 rings (SSSR count). The molecule has 5 amide bonds. The Hall–Kier alpha value is -8.81. The maximum Gasteiger partial charge on any atom is 0.510 e. The highest BCUT2D eigenvalue weighted by molar-refractivity contribution is 5.99. The van der Waals surface area contributed by atoms with Gasteiger partial charge in [-0.05, 0) is 74.1 Å². The third-order valence-corrected chi connectivity index (χ3v) is 12.4. The summed E-state index contributed by atoms with van der Waals surface area (Å²) >= 11 is 0. The summed E-state index contributed by atoms with van der Waals surface area (Å²) in [7, 11) is 0. The van der Waals surface area contributed by atoms with Crippen molar-refractivity contribution < 1.29 is 57.2 Å². The van der Waals surface area contributed by atoms with Crippen LogP contribution in [0.3, 0.4) is 0 Å². The van der Waals surface area contributed by atoms with Gasteiger partial charge in [0.2, 0.25) is 23.3 Å². The molecule has 5 aromatic rings. The van der Waals surface area contributed by atoms with E-state index in [9.17, 15) is 38.4 Å². The van der Waals surface area contributed by atoms with E-state index in [-0.39, 0.29) is 75.5 Å². The van der Waals surface area contributed by atoms with Crippen molar-refractivity contribution in [3.05, 3.63) is 154 Å². The summed E-state index contributed by atoms with van der Waals surface area (Å²) in [4.78, 5) is 111. The van der Waals surface area contributed by atoms with Gasteiger partial charge in [0.05, 0.1) is 29.0 Å². The summed E-state index contributed by atoms with van der Waals surface area (Å²) in [6.07, 6.45) is 0.961. The van der Waals surface area contributed by atoms with Gasteiger partial charge in [0, 0.05) is 35.2 Å². The Morgan fingerprint density at radius 1 is 0.797 bits per heavy atom. The third-order valence-electron chi connectivity index (χ3n) is 12.4. The smallest absolute Gasteiger partial charge is 0.457 e. The van der Waals surface area contributed by atoms with E-state index in [4.69, 9.17) is 28.7 Å². The quantitative estimate of drug-likeness (QED) is 0.0227. The number of pyridine rings is 2. The second-order valence-corrected chi connectivity index (χ2v) is 17.5. The second-order valence-electron chi connectivity index (χ2n) is 17.5. The molecular formula is C54H57N7O13. The summed E-state index contributed by atoms with van der Waals surface area (Å²) in [5, 5.41) is 14.2. The van der Waals surface area contributed by atoms with Crippen LogP contribution in [0.5, 0.6) is 0 Å². The van der Waals surface area contributed by atoms with Crippen LogP contribution in [0, 0.1) is 0 Å². The fourth-order valence-corrected chi connectivity index (χ4v) is 8.48. The van der Waals surface area contributed by atoms with Crippen molar-refractivity contribution in [1.82, 2.24) is 30.8 Å². The average molecular weight is 1010 g/mol. The number of esters is 1. The first-order chi connectivity index (χ1) is 35.7. The van der Waals surface area contributed by atoms with Gasteiger partial charge in [0.1, 0.15) is 44.6 Å². The fourth-order valence-electron chi connectivity index (χ4n) is 8.48. The van der Waals surface area contributed by atoms with Crippen LogP contribution in [-0.4, -0.2) is 89.5 Å². The molecule has 0 aliphatic carbocycles. The topological polar surface area (TPSA) is 261 Å². The minimum atomic E-state index is -1.99. The first-order valence-corrected chi connectivity index (χ1v) is 24.0. The number of benzene rings is 3. The average Bonchev–Trinajstić information content (AvgIpc) is 3.77. The Morgan fingerprint density at radius 2 is 1.50 bits per heavy atom. The number of hydrogen-bond donors (Lipinski definition) is 5. The van der Waals surface area contributed by atoms with E-state index in [1.807, 2.05) is 30.3 Å². The van der Waals surface area contributed by atoms with Crippen LogP contribution >= 0.6 is 0 Å². The van der Waals surface area contributed by atoms with Crippen LogP contribution < -0.4 is 32.1 Å². The van der Waals surface area contributed by atoms with E-state index >= 15 is 0 Å². The van der Waals surface area contributed by atoms with Crippen molar-refractivity contribution >= 4 is 58.6 Å². The summed E-state index contributed by atoms with van der Waals surface area (Å²) in [6.45, 7) is 9.88. The van der Waals surface area contributed by atoms with Gasteiger partial charge in [0.25, 0.3) is 5.56 Å². The van der Waals surface area contributed by atoms with E-state index in [1.54, 1.807) is 72.2 Å². The lowest BCUT2D eigenvalue weighted by molar-refractivity contribution is -0.175. The van der Waals surface area contributed by atoms with E-state index in [2.05, 4.69) is 39.7 Å². The Kier molecular flexibility index (Phi) is 17.6. The van der Waals surface area contributed by atoms with Gasteiger partial charge >= 0.3 is 24.3 Å². The number of rotatable bonds is 22. The number of unbranched alkanes of at least 4 members (excludes halogenated alkanes) is 1. The largest absolute Gasteiger partial charge is 0.510 e. The van der Waals surface area contributed by atoms with Crippen molar-refractivity contribution in [2.24, 2.45) is 0 Å². The number of nitrogens with zero attached hydrogens (tertiary/aromatic N) is 2. The number of ether oxygens (including phenoxy) is 5. The van der Waals surface area contributed by atoms with E-state index in [1.165, 1.54) is 19.1 Å². The highest BCUT2D eigenvalue weighted by Crippen LogP contribution is 2.41. The molecule has 0 unspecified atom stereocenters.